The first-order chi connectivity index (χ1) is 12.6. The average Bonchev–Trinajstić information content (AvgIpc) is 2.94. The smallest absolute Gasteiger partial charge is 0.260 e. The van der Waals surface area contributed by atoms with E-state index in [1.165, 1.54) is 11.1 Å². The lowest BCUT2D eigenvalue weighted by atomic mass is 10.1. The van der Waals surface area contributed by atoms with Crippen molar-refractivity contribution in [1.82, 2.24) is 5.43 Å². The molecule has 6 nitrogen and oxygen atoms in total. The third-order valence-corrected chi connectivity index (χ3v) is 4.13. The zero-order valence-electron chi connectivity index (χ0n) is 14.2. The molecule has 2 N–H and O–H groups in total. The number of hydrogen-bond acceptors (Lipinski definition) is 4. The van der Waals surface area contributed by atoms with E-state index in [4.69, 9.17) is 0 Å². The molecule has 26 heavy (non-hydrogen) atoms. The minimum Gasteiger partial charge on any atom is -0.507 e. The van der Waals surface area contributed by atoms with Gasteiger partial charge in [-0.3, -0.25) is 9.59 Å². The molecule has 1 aliphatic heterocycles. The van der Waals surface area contributed by atoms with Crippen LogP contribution in [-0.2, 0) is 22.4 Å². The van der Waals surface area contributed by atoms with Gasteiger partial charge in [-0.25, -0.2) is 5.43 Å². The predicted molar refractivity (Wildman–Crippen MR) is 100 cm³/mol. The Kier molecular flexibility index (Phi) is 5.12. The monoisotopic (exact) mass is 349 g/mol. The van der Waals surface area contributed by atoms with Gasteiger partial charge >= 0.3 is 0 Å². The molecular formula is C20H19N3O3. The minimum absolute atomic E-state index is 0.102. The van der Waals surface area contributed by atoms with Crippen LogP contribution in [0, 0.1) is 0 Å². The van der Waals surface area contributed by atoms with Crippen LogP contribution in [0.1, 0.15) is 16.7 Å². The van der Waals surface area contributed by atoms with Gasteiger partial charge in [0.1, 0.15) is 12.3 Å². The summed E-state index contributed by atoms with van der Waals surface area (Å²) in [5.41, 5.74) is 5.29. The molecule has 0 spiro atoms. The number of carbonyl (C=O) groups is 2. The van der Waals surface area contributed by atoms with E-state index in [0.717, 1.165) is 16.8 Å². The quantitative estimate of drug-likeness (QED) is 0.476. The van der Waals surface area contributed by atoms with Crippen molar-refractivity contribution in [3.63, 3.8) is 0 Å². The Morgan fingerprint density at radius 3 is 2.88 bits per heavy atom. The summed E-state index contributed by atoms with van der Waals surface area (Å²) in [5, 5.41) is 14.0. The molecule has 2 amide bonds. The Hall–Kier alpha value is -3.41. The van der Waals surface area contributed by atoms with Crippen molar-refractivity contribution in [3.05, 3.63) is 71.8 Å². The van der Waals surface area contributed by atoms with E-state index in [2.05, 4.69) is 17.1 Å². The predicted octanol–water partition coefficient (Wildman–Crippen LogP) is 2.16. The molecule has 0 aromatic heterocycles. The molecule has 0 radical (unpaired) electrons. The molecule has 6 heteroatoms. The van der Waals surface area contributed by atoms with E-state index in [1.54, 1.807) is 24.3 Å². The maximum absolute atomic E-state index is 12.1. The number of carbonyl (C=O) groups excluding carboxylic acids is 2. The normalized spacial score (nSPS) is 13.1. The van der Waals surface area contributed by atoms with Crippen molar-refractivity contribution in [2.24, 2.45) is 5.10 Å². The van der Waals surface area contributed by atoms with E-state index in [9.17, 15) is 14.7 Å². The van der Waals surface area contributed by atoms with Crippen LogP contribution in [0.25, 0.3) is 0 Å². The molecule has 2 aromatic carbocycles. The highest BCUT2D eigenvalue weighted by atomic mass is 16.3. The second-order valence-corrected chi connectivity index (χ2v) is 5.93. The first kappa shape index (κ1) is 17.4. The molecular weight excluding hydrogens is 330 g/mol. The summed E-state index contributed by atoms with van der Waals surface area (Å²) in [6.45, 7) is 3.55. The second-order valence-electron chi connectivity index (χ2n) is 5.93. The van der Waals surface area contributed by atoms with Crippen molar-refractivity contribution in [2.75, 3.05) is 11.4 Å². The van der Waals surface area contributed by atoms with E-state index in [-0.39, 0.29) is 18.2 Å². The first-order valence-electron chi connectivity index (χ1n) is 8.22. The highest BCUT2D eigenvalue weighted by molar-refractivity contribution is 6.05. The Morgan fingerprint density at radius 1 is 1.27 bits per heavy atom. The largest absolute Gasteiger partial charge is 0.507 e. The Balaban J connectivity index is 1.63. The van der Waals surface area contributed by atoms with Crippen LogP contribution >= 0.6 is 0 Å². The third-order valence-electron chi connectivity index (χ3n) is 4.13. The number of allylic oxidation sites excluding steroid dienone is 1. The molecule has 0 saturated carbocycles. The van der Waals surface area contributed by atoms with Crippen LogP contribution in [0.15, 0.2) is 60.2 Å². The molecule has 0 bridgehead atoms. The number of fused-ring (bicyclic) bond motifs is 1. The molecule has 3 rings (SSSR count). The van der Waals surface area contributed by atoms with Gasteiger partial charge in [-0.2, -0.15) is 5.10 Å². The molecule has 0 unspecified atom stereocenters. The van der Waals surface area contributed by atoms with E-state index < -0.39 is 5.91 Å². The lowest BCUT2D eigenvalue weighted by Gasteiger charge is -2.15. The van der Waals surface area contributed by atoms with Crippen LogP contribution in [0.2, 0.25) is 0 Å². The standard InChI is InChI=1S/C20H19N3O3/c1-2-6-14-8-5-9-16(20(14)26)12-21-22-18(24)13-23-17-10-4-3-7-15(17)11-19(23)25/h2-5,7-10,12,26H,1,6,11,13H2,(H,22,24)/b21-12+. The molecule has 132 valence electrons. The number of phenolic OH excluding ortho intramolecular Hbond substituents is 1. The highest BCUT2D eigenvalue weighted by Gasteiger charge is 2.28. The van der Waals surface area contributed by atoms with Crippen LogP contribution in [0.3, 0.4) is 0 Å². The number of rotatable bonds is 6. The zero-order chi connectivity index (χ0) is 18.5. The number of nitrogens with zero attached hydrogens (tertiary/aromatic N) is 2. The van der Waals surface area contributed by atoms with Crippen molar-refractivity contribution >= 4 is 23.7 Å². The van der Waals surface area contributed by atoms with Gasteiger partial charge in [0, 0.05) is 11.3 Å². The average molecular weight is 349 g/mol. The third kappa shape index (κ3) is 3.64. The van der Waals surface area contributed by atoms with Gasteiger partial charge in [-0.05, 0) is 29.7 Å². The van der Waals surface area contributed by atoms with Crippen LogP contribution < -0.4 is 10.3 Å². The Labute approximate surface area is 151 Å². The van der Waals surface area contributed by atoms with Crippen LogP contribution in [0.5, 0.6) is 5.75 Å². The minimum atomic E-state index is -0.409. The van der Waals surface area contributed by atoms with Crippen LogP contribution in [-0.4, -0.2) is 29.7 Å². The number of amides is 2. The van der Waals surface area contributed by atoms with Gasteiger partial charge in [-0.1, -0.05) is 36.4 Å². The molecule has 0 fully saturated rings. The molecule has 1 heterocycles. The fraction of sp³-hybridized carbons (Fsp3) is 0.150. The van der Waals surface area contributed by atoms with Crippen LogP contribution in [0.4, 0.5) is 5.69 Å². The number of benzene rings is 2. The van der Waals surface area contributed by atoms with Crippen molar-refractivity contribution < 1.29 is 14.7 Å². The highest BCUT2D eigenvalue weighted by Crippen LogP contribution is 2.27. The number of para-hydroxylation sites is 2. The topological polar surface area (TPSA) is 82.0 Å². The Morgan fingerprint density at radius 2 is 2.08 bits per heavy atom. The fourth-order valence-electron chi connectivity index (χ4n) is 2.88. The molecule has 0 saturated heterocycles. The molecule has 0 atom stereocenters. The molecule has 1 aliphatic rings. The van der Waals surface area contributed by atoms with E-state index in [0.29, 0.717) is 18.4 Å². The van der Waals surface area contributed by atoms with E-state index >= 15 is 0 Å². The van der Waals surface area contributed by atoms with Crippen molar-refractivity contribution in [1.29, 1.82) is 0 Å². The maximum Gasteiger partial charge on any atom is 0.260 e. The SMILES string of the molecule is C=CCc1cccc(/C=N/NC(=O)CN2C(=O)Cc3ccccc32)c1O. The summed E-state index contributed by atoms with van der Waals surface area (Å²) < 4.78 is 0. The van der Waals surface area contributed by atoms with Gasteiger partial charge in [0.25, 0.3) is 5.91 Å². The summed E-state index contributed by atoms with van der Waals surface area (Å²) in [5.74, 6) is -0.415. The number of nitrogens with one attached hydrogen (secondary N) is 1. The number of hydrazone groups is 1. The second kappa shape index (κ2) is 7.65. The lowest BCUT2D eigenvalue weighted by Crippen LogP contribution is -2.37. The van der Waals surface area contributed by atoms with Gasteiger partial charge < -0.3 is 10.0 Å². The van der Waals surface area contributed by atoms with E-state index in [1.807, 2.05) is 24.3 Å². The Bertz CT molecular complexity index is 890. The first-order valence-corrected chi connectivity index (χ1v) is 8.22. The van der Waals surface area contributed by atoms with Gasteiger partial charge in [0.05, 0.1) is 12.6 Å². The maximum atomic E-state index is 12.1. The number of phenols is 1. The van der Waals surface area contributed by atoms with Gasteiger partial charge in [0.15, 0.2) is 0 Å². The van der Waals surface area contributed by atoms with Crippen molar-refractivity contribution in [2.45, 2.75) is 12.8 Å². The number of hydrogen-bond donors (Lipinski definition) is 2. The summed E-state index contributed by atoms with van der Waals surface area (Å²) in [4.78, 5) is 25.6. The zero-order valence-corrected chi connectivity index (χ0v) is 14.2. The number of anilines is 1. The van der Waals surface area contributed by atoms with Gasteiger partial charge in [-0.15, -0.1) is 6.58 Å². The number of aromatic hydroxyl groups is 1. The fourth-order valence-corrected chi connectivity index (χ4v) is 2.88. The molecule has 2 aromatic rings. The lowest BCUT2D eigenvalue weighted by molar-refractivity contribution is -0.123. The molecule has 0 aliphatic carbocycles. The van der Waals surface area contributed by atoms with Gasteiger partial charge in [0.2, 0.25) is 5.91 Å². The summed E-state index contributed by atoms with van der Waals surface area (Å²) >= 11 is 0. The summed E-state index contributed by atoms with van der Waals surface area (Å²) in [6.07, 6.45) is 3.91. The summed E-state index contributed by atoms with van der Waals surface area (Å²) in [6, 6.07) is 12.7. The van der Waals surface area contributed by atoms with Crippen molar-refractivity contribution in [3.8, 4) is 5.75 Å². The summed E-state index contributed by atoms with van der Waals surface area (Å²) in [7, 11) is 0.